The summed E-state index contributed by atoms with van der Waals surface area (Å²) in [7, 11) is 59.2. The van der Waals surface area contributed by atoms with Crippen molar-refractivity contribution in [1.82, 2.24) is 49.7 Å². The third-order valence-electron chi connectivity index (χ3n) is 13.3. The number of fused-ring (bicyclic) bond motifs is 2. The summed E-state index contributed by atoms with van der Waals surface area (Å²) in [5, 5.41) is 2.81. The van der Waals surface area contributed by atoms with E-state index in [0.29, 0.717) is 96.1 Å². The van der Waals surface area contributed by atoms with Crippen molar-refractivity contribution in [3.8, 4) is 22.8 Å². The molecule has 38 heteroatoms. The predicted octanol–water partition coefficient (Wildman–Crippen LogP) is 2.60. The van der Waals surface area contributed by atoms with Gasteiger partial charge in [-0.15, -0.1) is 0 Å². The van der Waals surface area contributed by atoms with E-state index >= 15 is 0 Å². The molecular formula is C49H51B19Cl3N12O4. The third kappa shape index (κ3) is 20.9. The molecule has 8 heterocycles. The number of aromatic nitrogens is 8. The maximum Gasteiger partial charge on any atom is 0.410 e. The molecular weight excluding hydrogens is 1130 g/mol. The number of rotatable bonds is 12. The van der Waals surface area contributed by atoms with Gasteiger partial charge in [-0.2, -0.15) is 0 Å². The van der Waals surface area contributed by atoms with Gasteiger partial charge in [-0.3, -0.25) is 15.0 Å². The molecule has 0 spiro atoms. The molecule has 0 bridgehead atoms. The lowest BCUT2D eigenvalue weighted by molar-refractivity contribution is 0.0230. The lowest BCUT2D eigenvalue weighted by Gasteiger charge is -2.36. The maximum atomic E-state index is 12.5. The Labute approximate surface area is 544 Å². The molecule has 6 aromatic heterocycles. The highest BCUT2D eigenvalue weighted by molar-refractivity contribution is 8.00. The fraction of sp³-hybridized carbons (Fsp3) is 0.347. The quantitative estimate of drug-likeness (QED) is 0.129. The number of piperazine rings is 2. The first-order chi connectivity index (χ1) is 41.0. The van der Waals surface area contributed by atoms with Crippen molar-refractivity contribution in [2.24, 2.45) is 0 Å². The first kappa shape index (κ1) is 70.8. The van der Waals surface area contributed by atoms with Gasteiger partial charge in [0, 0.05) is 237 Å². The minimum atomic E-state index is -0.667. The van der Waals surface area contributed by atoms with E-state index in [-0.39, 0.29) is 18.6 Å². The summed E-state index contributed by atoms with van der Waals surface area (Å²) < 4.78 is 11.0. The zero-order valence-corrected chi connectivity index (χ0v) is 51.9. The molecule has 2 amide bonds. The number of halogens is 3. The molecule has 0 aliphatic carbocycles. The van der Waals surface area contributed by atoms with Gasteiger partial charge in [0.15, 0.2) is 11.6 Å². The van der Waals surface area contributed by atoms with Crippen molar-refractivity contribution >= 4 is 217 Å². The number of ether oxygens (including phenoxy) is 2. The van der Waals surface area contributed by atoms with Crippen LogP contribution in [0.25, 0.3) is 44.6 Å². The van der Waals surface area contributed by atoms with Gasteiger partial charge in [-0.25, -0.2) is 34.5 Å². The molecule has 0 unspecified atom stereocenters. The summed E-state index contributed by atoms with van der Waals surface area (Å²) in [5.41, 5.74) is 3.98. The van der Waals surface area contributed by atoms with Crippen LogP contribution in [0.1, 0.15) is 52.8 Å². The molecule has 23 radical (unpaired) electrons. The van der Waals surface area contributed by atoms with Crippen LogP contribution in [0.3, 0.4) is 0 Å². The van der Waals surface area contributed by atoms with Gasteiger partial charge in [0.25, 0.3) is 0 Å². The fourth-order valence-electron chi connectivity index (χ4n) is 8.97. The summed E-state index contributed by atoms with van der Waals surface area (Å²) in [6.45, 7) is 15.6. The first-order valence-corrected chi connectivity index (χ1v) is 29.0. The maximum absolute atomic E-state index is 12.5. The van der Waals surface area contributed by atoms with Gasteiger partial charge >= 0.3 is 12.2 Å². The Bertz CT molecular complexity index is 3370. The van der Waals surface area contributed by atoms with E-state index < -0.39 is 49.5 Å². The Balaban J connectivity index is 0.000000216. The van der Waals surface area contributed by atoms with Crippen molar-refractivity contribution < 1.29 is 19.1 Å². The van der Waals surface area contributed by atoms with Gasteiger partial charge < -0.3 is 29.1 Å². The minimum Gasteiger partial charge on any atom is -0.444 e. The van der Waals surface area contributed by atoms with E-state index in [1.165, 1.54) is 12.6 Å². The Hall–Kier alpha value is -5.26. The van der Waals surface area contributed by atoms with Crippen LogP contribution in [0.5, 0.6) is 0 Å². The van der Waals surface area contributed by atoms with E-state index in [4.69, 9.17) is 144 Å². The first-order valence-electron chi connectivity index (χ1n) is 27.8. The van der Waals surface area contributed by atoms with E-state index in [2.05, 4.69) is 46.9 Å². The van der Waals surface area contributed by atoms with Crippen LogP contribution in [0.4, 0.5) is 21.2 Å². The average Bonchev–Trinajstić information content (AvgIpc) is 0.926. The predicted molar refractivity (Wildman–Crippen MR) is 375 cm³/mol. The molecule has 87 heavy (non-hydrogen) atoms. The molecule has 0 atom stereocenters. The molecule has 409 valence electrons. The Morgan fingerprint density at radius 1 is 0.552 bits per heavy atom. The van der Waals surface area contributed by atoms with E-state index in [0.717, 1.165) is 39.8 Å². The van der Waals surface area contributed by atoms with Crippen molar-refractivity contribution in [3.63, 3.8) is 0 Å². The molecule has 7 aromatic rings. The van der Waals surface area contributed by atoms with Crippen LogP contribution in [-0.2, 0) is 15.9 Å². The van der Waals surface area contributed by atoms with Crippen molar-refractivity contribution in [2.75, 3.05) is 62.2 Å². The molecule has 2 saturated heterocycles. The largest absolute Gasteiger partial charge is 0.444 e. The normalized spacial score (nSPS) is 13.1. The molecule has 2 aliphatic rings. The smallest absolute Gasteiger partial charge is 0.410 e. The minimum absolute atomic E-state index is 0.301. The summed E-state index contributed by atoms with van der Waals surface area (Å²) in [6, 6.07) is 17.7. The second kappa shape index (κ2) is 32.5. The number of hydrogen-bond donors (Lipinski definition) is 0. The standard InChI is InChI=1S/C28H29ClN6O2.C21H22Cl2N6O2.B10.B9/c1-28(2,3)37-27(36)35-13-11-34(12-14-35)26-24-22(29)17-30-18-23(24)32-25(33-26)20-9-10-31-21(16-20)15-19-7-5-4-6-8-19;1-21(2,3)31-20(30)29-8-6-28(7-9-29)19-17-14(22)11-24-12-15(17)26-18(27-19)13-4-5-25-16(23)10-13;1-7(2)10(8(3)4)9(5)6;1-6-9(7(2)3)8(4)5/h4-10,16-18H,11-15H2,1-3H3;4-5,10-12H,6-9H2,1-3H3;;. The monoisotopic (exact) mass is 1190 g/mol. The van der Waals surface area contributed by atoms with Crippen LogP contribution >= 0.6 is 34.8 Å². The molecule has 0 saturated carbocycles. The number of anilines is 2. The fourth-order valence-corrected chi connectivity index (χ4v) is 9.62. The number of nitrogens with zero attached hydrogens (tertiary/aromatic N) is 12. The summed E-state index contributed by atoms with van der Waals surface area (Å²) in [5.74, 6) is 2.52. The van der Waals surface area contributed by atoms with Gasteiger partial charge in [-0.05, 0) is 71.4 Å². The Morgan fingerprint density at radius 2 is 0.966 bits per heavy atom. The number of hydrogen-bond acceptors (Lipinski definition) is 14. The van der Waals surface area contributed by atoms with Gasteiger partial charge in [0.2, 0.25) is 0 Å². The highest BCUT2D eigenvalue weighted by Crippen LogP contribution is 2.35. The van der Waals surface area contributed by atoms with Crippen molar-refractivity contribution in [3.05, 3.63) is 118 Å². The molecule has 2 fully saturated rings. The second-order valence-electron chi connectivity index (χ2n) is 22.5. The van der Waals surface area contributed by atoms with Crippen LogP contribution in [0.15, 0.2) is 91.8 Å². The Morgan fingerprint density at radius 3 is 1.32 bits per heavy atom. The second-order valence-corrected chi connectivity index (χ2v) is 23.7. The number of amides is 2. The summed E-state index contributed by atoms with van der Waals surface area (Å²) in [6.07, 6.45) is 6.16. The molecule has 16 nitrogen and oxygen atoms in total. The third-order valence-corrected chi connectivity index (χ3v) is 14.1. The molecule has 9 rings (SSSR count). The number of benzene rings is 1. The molecule has 0 N–H and O–H groups in total. The Kier molecular flexibility index (Phi) is 26.4. The van der Waals surface area contributed by atoms with Crippen LogP contribution in [-0.4, -0.2) is 262 Å². The lowest BCUT2D eigenvalue weighted by atomic mass is 8.58. The number of carbonyl (C=O) groups excluding carboxylic acids is 2. The van der Waals surface area contributed by atoms with E-state index in [1.807, 2.05) is 71.9 Å². The summed E-state index contributed by atoms with van der Waals surface area (Å²) in [4.78, 5) is 68.8. The van der Waals surface area contributed by atoms with Gasteiger partial charge in [0.05, 0.1) is 44.2 Å². The van der Waals surface area contributed by atoms with E-state index in [9.17, 15) is 9.59 Å². The van der Waals surface area contributed by atoms with Gasteiger partial charge in [0.1, 0.15) is 28.0 Å². The molecule has 2 aliphatic heterocycles. The highest BCUT2D eigenvalue weighted by Gasteiger charge is 2.31. The highest BCUT2D eigenvalue weighted by atomic mass is 35.5. The SMILES string of the molecule is CC(C)(C)OC(=O)N1CCN(c2nc(-c3ccnc(Cc4ccccc4)c3)nc3cncc(Cl)c23)CC1.CC(C)(C)OC(=O)N1CCN(c2nc(-c3ccnc(Cl)c3)nc3cncc(Cl)c23)CC1.[B]B([B])B(B([B])[B])B([B])[B].[B][B]B(B([B])[B])B([B])[B]. The van der Waals surface area contributed by atoms with Crippen LogP contribution in [0, 0.1) is 0 Å². The van der Waals surface area contributed by atoms with Crippen molar-refractivity contribution in [1.29, 1.82) is 0 Å². The topological polar surface area (TPSA) is 169 Å². The zero-order chi connectivity index (χ0) is 63.9. The van der Waals surface area contributed by atoms with E-state index in [1.54, 1.807) is 59.1 Å². The average molecular weight is 1180 g/mol. The van der Waals surface area contributed by atoms with Crippen LogP contribution in [0.2, 0.25) is 15.2 Å². The molecule has 1 aromatic carbocycles. The lowest BCUT2D eigenvalue weighted by Crippen LogP contribution is -2.62. The van der Waals surface area contributed by atoms with Crippen LogP contribution < -0.4 is 9.80 Å². The summed E-state index contributed by atoms with van der Waals surface area (Å²) >= 11 is 19.1. The number of carbonyl (C=O) groups is 2. The zero-order valence-electron chi connectivity index (χ0n) is 49.6. The van der Waals surface area contributed by atoms with Crippen molar-refractivity contribution in [2.45, 2.75) is 59.2 Å². The van der Waals surface area contributed by atoms with Gasteiger partial charge in [-0.1, -0.05) is 65.1 Å². The number of pyridine rings is 4.